The molecule has 0 aromatic heterocycles. The first-order valence-electron chi connectivity index (χ1n) is 7.34. The van der Waals surface area contributed by atoms with Crippen LogP contribution < -0.4 is 5.43 Å². The molecule has 0 aliphatic heterocycles. The van der Waals surface area contributed by atoms with E-state index in [9.17, 15) is 9.59 Å². The van der Waals surface area contributed by atoms with E-state index < -0.39 is 5.97 Å². The number of aryl methyl sites for hydroxylation is 1. The van der Waals surface area contributed by atoms with Gasteiger partial charge in [-0.3, -0.25) is 4.79 Å². The Balaban J connectivity index is 1.87. The Morgan fingerprint density at radius 1 is 1.00 bits per heavy atom. The van der Waals surface area contributed by atoms with Gasteiger partial charge in [-0.15, -0.1) is 0 Å². The summed E-state index contributed by atoms with van der Waals surface area (Å²) in [7, 11) is 1.33. The highest BCUT2D eigenvalue weighted by molar-refractivity contribution is 5.93. The Morgan fingerprint density at radius 2 is 1.62 bits per heavy atom. The first-order chi connectivity index (χ1) is 11.6. The summed E-state index contributed by atoms with van der Waals surface area (Å²) in [5.74, 6) is -0.717. The summed E-state index contributed by atoms with van der Waals surface area (Å²) in [6, 6.07) is 14.5. The molecule has 0 fully saturated rings. The maximum Gasteiger partial charge on any atom is 0.337 e. The minimum Gasteiger partial charge on any atom is -0.465 e. The average Bonchev–Trinajstić information content (AvgIpc) is 2.61. The van der Waals surface area contributed by atoms with Crippen LogP contribution in [0.15, 0.2) is 59.7 Å². The third-order valence-electron chi connectivity index (χ3n) is 3.22. The van der Waals surface area contributed by atoms with Crippen LogP contribution in [0.3, 0.4) is 0 Å². The van der Waals surface area contributed by atoms with Crippen LogP contribution in [0.2, 0.25) is 0 Å². The SMILES string of the molecule is COC(=O)c1ccc(/C=N/NC(=O)/C=C/c2ccc(C)cc2)cc1. The second kappa shape index (κ2) is 8.43. The molecular formula is C19H18N2O3. The number of rotatable bonds is 5. The van der Waals surface area contributed by atoms with Crippen LogP contribution in [0.4, 0.5) is 0 Å². The van der Waals surface area contributed by atoms with Crippen LogP contribution in [0.1, 0.15) is 27.0 Å². The topological polar surface area (TPSA) is 67.8 Å². The number of carbonyl (C=O) groups excluding carboxylic acids is 2. The Morgan fingerprint density at radius 3 is 2.25 bits per heavy atom. The molecule has 2 aromatic carbocycles. The molecule has 0 atom stereocenters. The van der Waals surface area contributed by atoms with Crippen LogP contribution in [-0.4, -0.2) is 25.2 Å². The molecule has 0 heterocycles. The number of hydrogen-bond acceptors (Lipinski definition) is 4. The van der Waals surface area contributed by atoms with Crippen molar-refractivity contribution in [3.8, 4) is 0 Å². The molecule has 2 rings (SSSR count). The van der Waals surface area contributed by atoms with Gasteiger partial charge >= 0.3 is 5.97 Å². The number of nitrogens with one attached hydrogen (secondary N) is 1. The first kappa shape index (κ1) is 17.1. The fourth-order valence-corrected chi connectivity index (χ4v) is 1.88. The van der Waals surface area contributed by atoms with Gasteiger partial charge in [0, 0.05) is 6.08 Å². The van der Waals surface area contributed by atoms with Gasteiger partial charge < -0.3 is 4.74 Å². The van der Waals surface area contributed by atoms with Crippen LogP contribution in [-0.2, 0) is 9.53 Å². The van der Waals surface area contributed by atoms with Crippen molar-refractivity contribution in [3.63, 3.8) is 0 Å². The summed E-state index contributed by atoms with van der Waals surface area (Å²) in [6.07, 6.45) is 4.64. The zero-order valence-corrected chi connectivity index (χ0v) is 13.5. The number of ether oxygens (including phenoxy) is 1. The number of carbonyl (C=O) groups is 2. The normalized spacial score (nSPS) is 10.9. The fraction of sp³-hybridized carbons (Fsp3) is 0.105. The Hall–Kier alpha value is -3.21. The summed E-state index contributed by atoms with van der Waals surface area (Å²) in [4.78, 5) is 23.0. The van der Waals surface area contributed by atoms with E-state index in [1.165, 1.54) is 25.0 Å². The number of esters is 1. The molecule has 5 nitrogen and oxygen atoms in total. The van der Waals surface area contributed by atoms with Crippen molar-refractivity contribution in [2.75, 3.05) is 7.11 Å². The predicted molar refractivity (Wildman–Crippen MR) is 93.7 cm³/mol. The number of benzene rings is 2. The van der Waals surface area contributed by atoms with E-state index in [2.05, 4.69) is 15.3 Å². The van der Waals surface area contributed by atoms with E-state index in [-0.39, 0.29) is 5.91 Å². The van der Waals surface area contributed by atoms with Gasteiger partial charge in [0.15, 0.2) is 0 Å². The van der Waals surface area contributed by atoms with Gasteiger partial charge in [0.05, 0.1) is 18.9 Å². The fourth-order valence-electron chi connectivity index (χ4n) is 1.88. The maximum atomic E-state index is 11.7. The zero-order valence-electron chi connectivity index (χ0n) is 13.5. The highest BCUT2D eigenvalue weighted by Crippen LogP contribution is 2.05. The summed E-state index contributed by atoms with van der Waals surface area (Å²) in [6.45, 7) is 2.01. The molecule has 0 bridgehead atoms. The first-order valence-corrected chi connectivity index (χ1v) is 7.34. The lowest BCUT2D eigenvalue weighted by atomic mass is 10.1. The highest BCUT2D eigenvalue weighted by atomic mass is 16.5. The van der Waals surface area contributed by atoms with Crippen LogP contribution in [0.25, 0.3) is 6.08 Å². The van der Waals surface area contributed by atoms with Crippen molar-refractivity contribution in [1.82, 2.24) is 5.43 Å². The van der Waals surface area contributed by atoms with E-state index in [1.54, 1.807) is 30.3 Å². The highest BCUT2D eigenvalue weighted by Gasteiger charge is 2.03. The lowest BCUT2D eigenvalue weighted by Crippen LogP contribution is -2.14. The van der Waals surface area contributed by atoms with Crippen molar-refractivity contribution in [1.29, 1.82) is 0 Å². The van der Waals surface area contributed by atoms with E-state index in [4.69, 9.17) is 0 Å². The predicted octanol–water partition coefficient (Wildman–Crippen LogP) is 2.95. The van der Waals surface area contributed by atoms with E-state index in [0.717, 1.165) is 11.1 Å². The Labute approximate surface area is 140 Å². The van der Waals surface area contributed by atoms with E-state index >= 15 is 0 Å². The lowest BCUT2D eigenvalue weighted by molar-refractivity contribution is -0.116. The smallest absolute Gasteiger partial charge is 0.337 e. The van der Waals surface area contributed by atoms with Gasteiger partial charge in [-0.05, 0) is 36.3 Å². The van der Waals surface area contributed by atoms with Crippen molar-refractivity contribution in [2.45, 2.75) is 6.92 Å². The minimum absolute atomic E-state index is 0.321. The van der Waals surface area contributed by atoms with Crippen molar-refractivity contribution in [3.05, 3.63) is 76.9 Å². The molecule has 2 aromatic rings. The quantitative estimate of drug-likeness (QED) is 0.398. The monoisotopic (exact) mass is 322 g/mol. The second-order valence-electron chi connectivity index (χ2n) is 5.09. The molecule has 122 valence electrons. The van der Waals surface area contributed by atoms with Gasteiger partial charge in [0.2, 0.25) is 0 Å². The molecule has 0 spiro atoms. The molecule has 1 amide bonds. The van der Waals surface area contributed by atoms with Crippen LogP contribution >= 0.6 is 0 Å². The molecule has 1 N–H and O–H groups in total. The molecule has 0 aliphatic carbocycles. The van der Waals surface area contributed by atoms with Crippen molar-refractivity contribution < 1.29 is 14.3 Å². The molecule has 5 heteroatoms. The average molecular weight is 322 g/mol. The molecular weight excluding hydrogens is 304 g/mol. The molecule has 0 radical (unpaired) electrons. The number of hydrazone groups is 1. The summed E-state index contributed by atoms with van der Waals surface area (Å²) < 4.78 is 4.62. The standard InChI is InChI=1S/C19H18N2O3/c1-14-3-5-15(6-4-14)9-12-18(22)21-20-13-16-7-10-17(11-8-16)19(23)24-2/h3-13H,1-2H3,(H,21,22)/b12-9+,20-13+. The molecule has 24 heavy (non-hydrogen) atoms. The molecule has 0 saturated carbocycles. The number of nitrogens with zero attached hydrogens (tertiary/aromatic N) is 1. The van der Waals surface area contributed by atoms with Gasteiger partial charge in [-0.1, -0.05) is 42.0 Å². The lowest BCUT2D eigenvalue weighted by Gasteiger charge is -1.99. The second-order valence-corrected chi connectivity index (χ2v) is 5.09. The van der Waals surface area contributed by atoms with Gasteiger partial charge in [-0.2, -0.15) is 5.10 Å². The van der Waals surface area contributed by atoms with E-state index in [0.29, 0.717) is 5.56 Å². The maximum absolute atomic E-state index is 11.7. The summed E-state index contributed by atoms with van der Waals surface area (Å²) >= 11 is 0. The van der Waals surface area contributed by atoms with Gasteiger partial charge in [0.1, 0.15) is 0 Å². The molecule has 0 saturated heterocycles. The summed E-state index contributed by atoms with van der Waals surface area (Å²) in [5, 5.41) is 3.87. The largest absolute Gasteiger partial charge is 0.465 e. The minimum atomic E-state index is -0.395. The number of hydrogen-bond donors (Lipinski definition) is 1. The van der Waals surface area contributed by atoms with Crippen LogP contribution in [0.5, 0.6) is 0 Å². The van der Waals surface area contributed by atoms with Crippen LogP contribution in [0, 0.1) is 6.92 Å². The Bertz CT molecular complexity index is 760. The number of amides is 1. The molecule has 0 aliphatic rings. The Kier molecular flexibility index (Phi) is 6.02. The molecule has 0 unspecified atom stereocenters. The third kappa shape index (κ3) is 5.21. The van der Waals surface area contributed by atoms with Crippen molar-refractivity contribution in [2.24, 2.45) is 5.10 Å². The number of methoxy groups -OCH3 is 1. The third-order valence-corrected chi connectivity index (χ3v) is 3.22. The van der Waals surface area contributed by atoms with Gasteiger partial charge in [0.25, 0.3) is 5.91 Å². The summed E-state index contributed by atoms with van der Waals surface area (Å²) in [5.41, 5.74) is 5.74. The van der Waals surface area contributed by atoms with Crippen molar-refractivity contribution >= 4 is 24.2 Å². The van der Waals surface area contributed by atoms with E-state index in [1.807, 2.05) is 31.2 Å². The van der Waals surface area contributed by atoms with Gasteiger partial charge in [-0.25, -0.2) is 10.2 Å². The zero-order chi connectivity index (χ0) is 17.4.